The van der Waals surface area contributed by atoms with Crippen LogP contribution in [0.3, 0.4) is 0 Å². The summed E-state index contributed by atoms with van der Waals surface area (Å²) in [6.45, 7) is 4.71. The highest BCUT2D eigenvalue weighted by Gasteiger charge is 2.35. The molecule has 2 heterocycles. The van der Waals surface area contributed by atoms with E-state index >= 15 is 0 Å². The van der Waals surface area contributed by atoms with Gasteiger partial charge < -0.3 is 10.2 Å². The normalized spacial score (nSPS) is 26.1. The average Bonchev–Trinajstić information content (AvgIpc) is 2.95. The van der Waals surface area contributed by atoms with E-state index in [1.807, 2.05) is 11.8 Å². The summed E-state index contributed by atoms with van der Waals surface area (Å²) in [7, 11) is 0. The highest BCUT2D eigenvalue weighted by Crippen LogP contribution is 2.29. The van der Waals surface area contributed by atoms with E-state index < -0.39 is 0 Å². The summed E-state index contributed by atoms with van der Waals surface area (Å²) >= 11 is 0. The van der Waals surface area contributed by atoms with Gasteiger partial charge in [-0.15, -0.1) is 0 Å². The molecule has 2 atom stereocenters. The van der Waals surface area contributed by atoms with E-state index in [0.29, 0.717) is 17.5 Å². The predicted octanol–water partition coefficient (Wildman–Crippen LogP) is 2.74. The molecule has 21 heavy (non-hydrogen) atoms. The van der Waals surface area contributed by atoms with Crippen LogP contribution in [-0.2, 0) is 0 Å². The topological polar surface area (TPSA) is 32.3 Å². The Labute approximate surface area is 125 Å². The van der Waals surface area contributed by atoms with Crippen molar-refractivity contribution in [2.24, 2.45) is 5.92 Å². The zero-order valence-electron chi connectivity index (χ0n) is 12.6. The smallest absolute Gasteiger partial charge is 0.254 e. The molecule has 0 saturated carbocycles. The lowest BCUT2D eigenvalue weighted by molar-refractivity contribution is 0.0670. The van der Waals surface area contributed by atoms with Gasteiger partial charge in [0.2, 0.25) is 0 Å². The minimum absolute atomic E-state index is 0.00864. The molecule has 3 nitrogen and oxygen atoms in total. The molecule has 2 aliphatic heterocycles. The Morgan fingerprint density at radius 3 is 2.86 bits per heavy atom. The van der Waals surface area contributed by atoms with Crippen LogP contribution in [0, 0.1) is 18.7 Å². The van der Waals surface area contributed by atoms with Gasteiger partial charge in [0.05, 0.1) is 0 Å². The number of aryl methyl sites for hydroxylation is 1. The van der Waals surface area contributed by atoms with Gasteiger partial charge in [-0.2, -0.15) is 0 Å². The van der Waals surface area contributed by atoms with E-state index in [4.69, 9.17) is 0 Å². The van der Waals surface area contributed by atoms with Gasteiger partial charge in [0.25, 0.3) is 5.91 Å². The minimum Gasteiger partial charge on any atom is -0.335 e. The van der Waals surface area contributed by atoms with Gasteiger partial charge in [-0.3, -0.25) is 4.79 Å². The van der Waals surface area contributed by atoms with Gasteiger partial charge >= 0.3 is 0 Å². The molecule has 4 heteroatoms. The molecule has 1 aromatic carbocycles. The Hall–Kier alpha value is -1.42. The van der Waals surface area contributed by atoms with Crippen LogP contribution in [0.1, 0.15) is 41.6 Å². The van der Waals surface area contributed by atoms with Gasteiger partial charge in [0.1, 0.15) is 5.82 Å². The quantitative estimate of drug-likeness (QED) is 0.908. The number of benzene rings is 1. The van der Waals surface area contributed by atoms with Crippen molar-refractivity contribution in [1.82, 2.24) is 10.2 Å². The maximum atomic E-state index is 13.5. The molecule has 1 aromatic rings. The predicted molar refractivity (Wildman–Crippen MR) is 80.8 cm³/mol. The van der Waals surface area contributed by atoms with Crippen LogP contribution >= 0.6 is 0 Å². The van der Waals surface area contributed by atoms with E-state index in [1.165, 1.54) is 25.0 Å². The third kappa shape index (κ3) is 3.10. The van der Waals surface area contributed by atoms with Crippen molar-refractivity contribution >= 4 is 5.91 Å². The fourth-order valence-corrected chi connectivity index (χ4v) is 3.77. The number of piperidine rings is 1. The highest BCUT2D eigenvalue weighted by molar-refractivity contribution is 5.94. The molecule has 2 fully saturated rings. The van der Waals surface area contributed by atoms with Crippen molar-refractivity contribution in [1.29, 1.82) is 0 Å². The molecule has 114 valence electrons. The molecule has 0 aromatic heterocycles. The molecule has 0 spiro atoms. The van der Waals surface area contributed by atoms with Crippen LogP contribution in [-0.4, -0.2) is 36.5 Å². The summed E-state index contributed by atoms with van der Waals surface area (Å²) in [5, 5.41) is 3.43. The van der Waals surface area contributed by atoms with E-state index in [2.05, 4.69) is 5.32 Å². The molecule has 0 bridgehead atoms. The molecule has 0 radical (unpaired) electrons. The summed E-state index contributed by atoms with van der Waals surface area (Å²) in [5.74, 6) is 0.207. The first-order valence-corrected chi connectivity index (χ1v) is 7.94. The second kappa shape index (κ2) is 6.14. The Kier molecular flexibility index (Phi) is 4.24. The van der Waals surface area contributed by atoms with Crippen molar-refractivity contribution in [3.05, 3.63) is 35.1 Å². The zero-order valence-corrected chi connectivity index (χ0v) is 12.6. The first-order valence-electron chi connectivity index (χ1n) is 7.94. The van der Waals surface area contributed by atoms with Gasteiger partial charge in [-0.05, 0) is 75.4 Å². The maximum Gasteiger partial charge on any atom is 0.254 e. The Bertz CT molecular complexity index is 505. The monoisotopic (exact) mass is 290 g/mol. The first kappa shape index (κ1) is 14.5. The number of rotatable bonds is 2. The SMILES string of the molecule is Cc1cc(F)cc(C(=O)N2CCCC2C2CCCNC2)c1. The largest absolute Gasteiger partial charge is 0.335 e. The number of carbonyl (C=O) groups excluding carboxylic acids is 1. The number of hydrogen-bond acceptors (Lipinski definition) is 2. The number of nitrogens with zero attached hydrogens (tertiary/aromatic N) is 1. The Morgan fingerprint density at radius 2 is 2.14 bits per heavy atom. The van der Waals surface area contributed by atoms with Crippen molar-refractivity contribution < 1.29 is 9.18 Å². The van der Waals surface area contributed by atoms with Crippen molar-refractivity contribution in [3.8, 4) is 0 Å². The molecule has 2 saturated heterocycles. The average molecular weight is 290 g/mol. The fourth-order valence-electron chi connectivity index (χ4n) is 3.77. The maximum absolute atomic E-state index is 13.5. The van der Waals surface area contributed by atoms with Gasteiger partial charge in [0, 0.05) is 18.2 Å². The molecule has 1 amide bonds. The van der Waals surface area contributed by atoms with Crippen LogP contribution < -0.4 is 5.32 Å². The van der Waals surface area contributed by atoms with Crippen molar-refractivity contribution in [2.45, 2.75) is 38.6 Å². The zero-order chi connectivity index (χ0) is 14.8. The van der Waals surface area contributed by atoms with Crippen LogP contribution in [0.2, 0.25) is 0 Å². The third-order valence-electron chi connectivity index (χ3n) is 4.73. The van der Waals surface area contributed by atoms with Crippen LogP contribution in [0.4, 0.5) is 4.39 Å². The summed E-state index contributed by atoms with van der Waals surface area (Å²) in [4.78, 5) is 14.7. The molecule has 2 aliphatic rings. The van der Waals surface area contributed by atoms with Crippen molar-refractivity contribution in [3.63, 3.8) is 0 Å². The lowest BCUT2D eigenvalue weighted by Crippen LogP contribution is -2.45. The second-order valence-electron chi connectivity index (χ2n) is 6.33. The van der Waals surface area contributed by atoms with Gasteiger partial charge in [-0.1, -0.05) is 0 Å². The summed E-state index contributed by atoms with van der Waals surface area (Å²) < 4.78 is 13.5. The van der Waals surface area contributed by atoms with Crippen LogP contribution in [0.15, 0.2) is 18.2 Å². The van der Waals surface area contributed by atoms with E-state index in [-0.39, 0.29) is 11.7 Å². The number of carbonyl (C=O) groups is 1. The standard InChI is InChI=1S/C17H23FN2O/c1-12-8-14(10-15(18)9-12)17(21)20-7-3-5-16(20)13-4-2-6-19-11-13/h8-10,13,16,19H,2-7,11H2,1H3. The number of likely N-dealkylation sites (tertiary alicyclic amines) is 1. The van der Waals surface area contributed by atoms with Gasteiger partial charge in [0.15, 0.2) is 0 Å². The molecular weight excluding hydrogens is 267 g/mol. The number of hydrogen-bond donors (Lipinski definition) is 1. The number of halogens is 1. The van der Waals surface area contributed by atoms with Crippen LogP contribution in [0.5, 0.6) is 0 Å². The third-order valence-corrected chi connectivity index (χ3v) is 4.73. The van der Waals surface area contributed by atoms with E-state index in [1.54, 1.807) is 6.07 Å². The molecular formula is C17H23FN2O. The lowest BCUT2D eigenvalue weighted by Gasteiger charge is -2.34. The fraction of sp³-hybridized carbons (Fsp3) is 0.588. The van der Waals surface area contributed by atoms with Crippen molar-refractivity contribution in [2.75, 3.05) is 19.6 Å². The summed E-state index contributed by atoms with van der Waals surface area (Å²) in [6.07, 6.45) is 4.50. The Morgan fingerprint density at radius 1 is 1.29 bits per heavy atom. The molecule has 2 unspecified atom stereocenters. The number of amides is 1. The summed E-state index contributed by atoms with van der Waals surface area (Å²) in [5.41, 5.74) is 1.29. The Balaban J connectivity index is 1.79. The summed E-state index contributed by atoms with van der Waals surface area (Å²) in [6, 6.07) is 4.93. The first-order chi connectivity index (χ1) is 10.1. The van der Waals surface area contributed by atoms with E-state index in [9.17, 15) is 9.18 Å². The molecule has 3 rings (SSSR count). The second-order valence-corrected chi connectivity index (χ2v) is 6.33. The molecule has 0 aliphatic carbocycles. The van der Waals surface area contributed by atoms with Crippen LogP contribution in [0.25, 0.3) is 0 Å². The minimum atomic E-state index is -0.326. The number of nitrogens with one attached hydrogen (secondary N) is 1. The lowest BCUT2D eigenvalue weighted by atomic mass is 9.90. The highest BCUT2D eigenvalue weighted by atomic mass is 19.1. The molecule has 1 N–H and O–H groups in total. The van der Waals surface area contributed by atoms with E-state index in [0.717, 1.165) is 38.0 Å². The van der Waals surface area contributed by atoms with Gasteiger partial charge in [-0.25, -0.2) is 4.39 Å².